The predicted octanol–water partition coefficient (Wildman–Crippen LogP) is 2.80. The Balaban J connectivity index is 2.17. The van der Waals surface area contributed by atoms with Gasteiger partial charge in [-0.25, -0.2) is 0 Å². The summed E-state index contributed by atoms with van der Waals surface area (Å²) in [7, 11) is 0. The van der Waals surface area contributed by atoms with Gasteiger partial charge in [-0.05, 0) is 25.0 Å². The molecule has 0 spiro atoms. The molecule has 1 aliphatic rings. The lowest BCUT2D eigenvalue weighted by Gasteiger charge is -2.24. The lowest BCUT2D eigenvalue weighted by atomic mass is 9.95. The van der Waals surface area contributed by atoms with Crippen LogP contribution in [0.3, 0.4) is 0 Å². The summed E-state index contributed by atoms with van der Waals surface area (Å²) >= 11 is 0. The van der Waals surface area contributed by atoms with Crippen molar-refractivity contribution in [1.29, 1.82) is 0 Å². The molecule has 0 unspecified atom stereocenters. The van der Waals surface area contributed by atoms with Crippen molar-refractivity contribution in [1.82, 2.24) is 4.57 Å². The van der Waals surface area contributed by atoms with Crippen LogP contribution in [0.1, 0.15) is 43.8 Å². The van der Waals surface area contributed by atoms with Crippen LogP contribution in [-0.2, 0) is 0 Å². The SMILES string of the molecule is O/N=C/c1cccn1C1CCCCC1. The Kier molecular flexibility index (Phi) is 2.87. The fourth-order valence-corrected chi connectivity index (χ4v) is 2.27. The second-order valence-corrected chi connectivity index (χ2v) is 3.88. The summed E-state index contributed by atoms with van der Waals surface area (Å²) in [5.41, 5.74) is 0.999. The molecule has 0 aliphatic heterocycles. The van der Waals surface area contributed by atoms with E-state index in [1.54, 1.807) is 0 Å². The second kappa shape index (κ2) is 4.31. The maximum atomic E-state index is 8.52. The van der Waals surface area contributed by atoms with Gasteiger partial charge in [0.1, 0.15) is 0 Å². The lowest BCUT2D eigenvalue weighted by Crippen LogP contribution is -2.14. The first-order chi connectivity index (χ1) is 6.92. The molecule has 0 atom stereocenters. The maximum Gasteiger partial charge on any atom is 0.0898 e. The molecule has 1 aromatic heterocycles. The number of hydrogen-bond donors (Lipinski definition) is 1. The van der Waals surface area contributed by atoms with Crippen LogP contribution in [0.4, 0.5) is 0 Å². The minimum absolute atomic E-state index is 0.603. The van der Waals surface area contributed by atoms with Crippen LogP contribution >= 0.6 is 0 Å². The van der Waals surface area contributed by atoms with E-state index < -0.39 is 0 Å². The van der Waals surface area contributed by atoms with Gasteiger partial charge < -0.3 is 9.77 Å². The highest BCUT2D eigenvalue weighted by molar-refractivity contribution is 5.76. The zero-order valence-corrected chi connectivity index (χ0v) is 8.26. The molecule has 0 aromatic carbocycles. The van der Waals surface area contributed by atoms with Gasteiger partial charge in [-0.15, -0.1) is 0 Å². The van der Waals surface area contributed by atoms with Crippen molar-refractivity contribution >= 4 is 6.21 Å². The highest BCUT2D eigenvalue weighted by Gasteiger charge is 2.15. The topological polar surface area (TPSA) is 37.5 Å². The molecule has 1 N–H and O–H groups in total. The molecule has 14 heavy (non-hydrogen) atoms. The van der Waals surface area contributed by atoms with E-state index in [2.05, 4.69) is 15.9 Å². The van der Waals surface area contributed by atoms with Gasteiger partial charge in [-0.2, -0.15) is 0 Å². The van der Waals surface area contributed by atoms with E-state index in [0.717, 1.165) is 5.69 Å². The van der Waals surface area contributed by atoms with E-state index in [1.165, 1.54) is 38.3 Å². The Hall–Kier alpha value is -1.25. The molecule has 0 bridgehead atoms. The third-order valence-corrected chi connectivity index (χ3v) is 2.97. The van der Waals surface area contributed by atoms with Crippen molar-refractivity contribution < 1.29 is 5.21 Å². The second-order valence-electron chi connectivity index (χ2n) is 3.88. The Morgan fingerprint density at radius 1 is 1.36 bits per heavy atom. The summed E-state index contributed by atoms with van der Waals surface area (Å²) in [5.74, 6) is 0. The quantitative estimate of drug-likeness (QED) is 0.436. The van der Waals surface area contributed by atoms with Crippen LogP contribution < -0.4 is 0 Å². The molecule has 1 heterocycles. The standard InChI is InChI=1S/C11H16N2O/c14-12-9-11-7-4-8-13(11)10-5-2-1-3-6-10/h4,7-10,14H,1-3,5-6H2/b12-9+. The molecule has 1 aromatic rings. The van der Waals surface area contributed by atoms with E-state index in [1.807, 2.05) is 12.1 Å². The molecular weight excluding hydrogens is 176 g/mol. The smallest absolute Gasteiger partial charge is 0.0898 e. The van der Waals surface area contributed by atoms with Crippen molar-refractivity contribution in [2.75, 3.05) is 0 Å². The lowest BCUT2D eigenvalue weighted by molar-refractivity contribution is 0.320. The van der Waals surface area contributed by atoms with Crippen LogP contribution in [0.5, 0.6) is 0 Å². The largest absolute Gasteiger partial charge is 0.411 e. The summed E-state index contributed by atoms with van der Waals surface area (Å²) in [5, 5.41) is 11.6. The monoisotopic (exact) mass is 192 g/mol. The average Bonchev–Trinajstić information content (AvgIpc) is 2.68. The maximum absolute atomic E-state index is 8.52. The van der Waals surface area contributed by atoms with Crippen molar-refractivity contribution in [3.8, 4) is 0 Å². The Labute approximate surface area is 84.0 Å². The zero-order valence-electron chi connectivity index (χ0n) is 8.26. The molecular formula is C11H16N2O. The van der Waals surface area contributed by atoms with Gasteiger partial charge in [0.2, 0.25) is 0 Å². The predicted molar refractivity (Wildman–Crippen MR) is 55.9 cm³/mol. The molecule has 3 heteroatoms. The van der Waals surface area contributed by atoms with Gasteiger partial charge in [0.15, 0.2) is 0 Å². The number of hydrogen-bond acceptors (Lipinski definition) is 2. The third-order valence-electron chi connectivity index (χ3n) is 2.97. The highest BCUT2D eigenvalue weighted by Crippen LogP contribution is 2.28. The Morgan fingerprint density at radius 2 is 2.14 bits per heavy atom. The van der Waals surface area contributed by atoms with Crippen LogP contribution in [-0.4, -0.2) is 16.0 Å². The molecule has 2 rings (SSSR count). The van der Waals surface area contributed by atoms with Gasteiger partial charge >= 0.3 is 0 Å². The number of oxime groups is 1. The molecule has 3 nitrogen and oxygen atoms in total. The fourth-order valence-electron chi connectivity index (χ4n) is 2.27. The Bertz CT molecular complexity index is 311. The van der Waals surface area contributed by atoms with Gasteiger partial charge in [0.25, 0.3) is 0 Å². The third kappa shape index (κ3) is 1.81. The molecule has 0 radical (unpaired) electrons. The number of aromatic nitrogens is 1. The van der Waals surface area contributed by atoms with E-state index in [-0.39, 0.29) is 0 Å². The summed E-state index contributed by atoms with van der Waals surface area (Å²) < 4.78 is 2.22. The molecule has 76 valence electrons. The van der Waals surface area contributed by atoms with Crippen LogP contribution in [0.25, 0.3) is 0 Å². The molecule has 0 saturated heterocycles. The van der Waals surface area contributed by atoms with Crippen molar-refractivity contribution in [2.24, 2.45) is 5.16 Å². The number of nitrogens with zero attached hydrogens (tertiary/aromatic N) is 2. The van der Waals surface area contributed by atoms with Crippen LogP contribution in [0.2, 0.25) is 0 Å². The molecule has 1 fully saturated rings. The molecule has 0 amide bonds. The zero-order chi connectivity index (χ0) is 9.80. The fraction of sp³-hybridized carbons (Fsp3) is 0.545. The first-order valence-electron chi connectivity index (χ1n) is 5.26. The summed E-state index contributed by atoms with van der Waals surface area (Å²) in [4.78, 5) is 0. The summed E-state index contributed by atoms with van der Waals surface area (Å²) in [6.45, 7) is 0. The van der Waals surface area contributed by atoms with Gasteiger partial charge in [0.05, 0.1) is 11.9 Å². The van der Waals surface area contributed by atoms with Gasteiger partial charge in [0, 0.05) is 12.2 Å². The minimum Gasteiger partial charge on any atom is -0.411 e. The normalized spacial score (nSPS) is 19.1. The molecule has 1 saturated carbocycles. The van der Waals surface area contributed by atoms with Crippen molar-refractivity contribution in [3.05, 3.63) is 24.0 Å². The van der Waals surface area contributed by atoms with Crippen molar-refractivity contribution in [3.63, 3.8) is 0 Å². The van der Waals surface area contributed by atoms with Crippen molar-refractivity contribution in [2.45, 2.75) is 38.1 Å². The average molecular weight is 192 g/mol. The van der Waals surface area contributed by atoms with Gasteiger partial charge in [-0.3, -0.25) is 0 Å². The first kappa shape index (κ1) is 9.31. The van der Waals surface area contributed by atoms with Gasteiger partial charge in [-0.1, -0.05) is 24.4 Å². The number of rotatable bonds is 2. The van der Waals surface area contributed by atoms with E-state index in [9.17, 15) is 0 Å². The highest BCUT2D eigenvalue weighted by atomic mass is 16.4. The van der Waals surface area contributed by atoms with E-state index in [4.69, 9.17) is 5.21 Å². The summed E-state index contributed by atoms with van der Waals surface area (Å²) in [6.07, 6.45) is 10.1. The summed E-state index contributed by atoms with van der Waals surface area (Å²) in [6, 6.07) is 4.59. The van der Waals surface area contributed by atoms with E-state index >= 15 is 0 Å². The first-order valence-corrected chi connectivity index (χ1v) is 5.26. The Morgan fingerprint density at radius 3 is 2.86 bits per heavy atom. The van der Waals surface area contributed by atoms with E-state index in [0.29, 0.717) is 6.04 Å². The van der Waals surface area contributed by atoms with Crippen LogP contribution in [0.15, 0.2) is 23.5 Å². The van der Waals surface area contributed by atoms with Crippen LogP contribution in [0, 0.1) is 0 Å². The minimum atomic E-state index is 0.603. The molecule has 1 aliphatic carbocycles.